The summed E-state index contributed by atoms with van der Waals surface area (Å²) < 4.78 is 0. The molecule has 0 aliphatic rings. The molecule has 0 aromatic carbocycles. The van der Waals surface area contributed by atoms with E-state index >= 15 is 0 Å². The molecule has 3 nitrogen and oxygen atoms in total. The topological polar surface area (TPSA) is 56.0 Å². The van der Waals surface area contributed by atoms with Gasteiger partial charge < -0.3 is 5.73 Å². The molecule has 2 N–H and O–H groups in total. The lowest BCUT2D eigenvalue weighted by Crippen LogP contribution is -1.98. The predicted molar refractivity (Wildman–Crippen MR) is 44.5 cm³/mol. The van der Waals surface area contributed by atoms with Crippen molar-refractivity contribution in [1.82, 2.24) is 4.98 Å². The van der Waals surface area contributed by atoms with Gasteiger partial charge in [0.1, 0.15) is 5.69 Å². The van der Waals surface area contributed by atoms with E-state index < -0.39 is 0 Å². The third kappa shape index (κ3) is 1.37. The fraction of sp³-hybridized carbons (Fsp3) is 0. The Bertz CT molecular complexity index is 268. The molecule has 0 fully saturated rings. The van der Waals surface area contributed by atoms with Crippen molar-refractivity contribution >= 4 is 39.8 Å². The van der Waals surface area contributed by atoms with Gasteiger partial charge in [-0.25, -0.2) is 4.98 Å². The van der Waals surface area contributed by atoms with Crippen molar-refractivity contribution < 1.29 is 4.79 Å². The van der Waals surface area contributed by atoms with Crippen molar-refractivity contribution in [3.05, 3.63) is 11.1 Å². The molecule has 0 saturated carbocycles. The number of nitrogens with two attached hydrogens (primary N) is 1. The summed E-state index contributed by atoms with van der Waals surface area (Å²) in [6, 6.07) is 0. The number of carbonyl (C=O) groups excluding carboxylic acids is 1. The van der Waals surface area contributed by atoms with Gasteiger partial charge in [-0.05, 0) is 0 Å². The number of thiazole rings is 1. The number of Topliss-reactive ketones (excluding diaryl/α,β-unsaturated/α-hetero) is 1. The maximum atomic E-state index is 10.8. The summed E-state index contributed by atoms with van der Waals surface area (Å²) >= 11 is 5.64. The van der Waals surface area contributed by atoms with E-state index in [1.165, 1.54) is 11.3 Å². The second kappa shape index (κ2) is 2.85. The maximum absolute atomic E-state index is 10.8. The van der Waals surface area contributed by atoms with E-state index in [9.17, 15) is 4.79 Å². The highest BCUT2D eigenvalue weighted by Gasteiger charge is 2.04. The van der Waals surface area contributed by atoms with E-state index in [-0.39, 0.29) is 5.78 Å². The Morgan fingerprint density at radius 3 is 3.00 bits per heavy atom. The molecule has 0 amide bonds. The molecule has 5 heteroatoms. The first-order chi connectivity index (χ1) is 4.74. The average Bonchev–Trinajstić information content (AvgIpc) is 2.34. The van der Waals surface area contributed by atoms with Crippen LogP contribution < -0.4 is 5.73 Å². The number of ketones is 1. The van der Waals surface area contributed by atoms with E-state index in [1.54, 1.807) is 5.38 Å². The van der Waals surface area contributed by atoms with Gasteiger partial charge in [0.05, 0.1) is 5.37 Å². The number of thiocarbonyl (C=S) groups is 1. The van der Waals surface area contributed by atoms with Crippen LogP contribution in [0.25, 0.3) is 0 Å². The maximum Gasteiger partial charge on any atom is 0.215 e. The Balaban J connectivity index is 2.95. The van der Waals surface area contributed by atoms with E-state index in [0.29, 0.717) is 10.8 Å². The largest absolute Gasteiger partial charge is 0.375 e. The minimum absolute atomic E-state index is 0.261. The lowest BCUT2D eigenvalue weighted by molar-refractivity contribution is 0.106. The first-order valence-electron chi connectivity index (χ1n) is 2.44. The Morgan fingerprint density at radius 1 is 1.90 bits per heavy atom. The zero-order valence-corrected chi connectivity index (χ0v) is 6.54. The average molecular weight is 172 g/mol. The summed E-state index contributed by atoms with van der Waals surface area (Å²) in [7, 11) is 0. The molecule has 0 radical (unpaired) electrons. The molecule has 1 rings (SSSR count). The van der Waals surface area contributed by atoms with Crippen molar-refractivity contribution in [3.63, 3.8) is 0 Å². The molecule has 0 aliphatic carbocycles. The molecule has 1 aromatic rings. The quantitative estimate of drug-likeness (QED) is 0.532. The predicted octanol–water partition coefficient (Wildman–Crippen LogP) is 0.908. The number of nitrogens with zero attached hydrogens (tertiary/aromatic N) is 1. The van der Waals surface area contributed by atoms with Gasteiger partial charge in [0, 0.05) is 5.38 Å². The van der Waals surface area contributed by atoms with Gasteiger partial charge in [-0.2, -0.15) is 0 Å². The van der Waals surface area contributed by atoms with Gasteiger partial charge in [0.15, 0.2) is 5.13 Å². The van der Waals surface area contributed by atoms with Crippen molar-refractivity contribution in [2.24, 2.45) is 0 Å². The Hall–Kier alpha value is -0.810. The summed E-state index contributed by atoms with van der Waals surface area (Å²) in [4.78, 5) is 14.5. The molecular weight excluding hydrogens is 168 g/mol. The second-order valence-corrected chi connectivity index (χ2v) is 2.68. The fourth-order valence-corrected chi connectivity index (χ4v) is 1.13. The summed E-state index contributed by atoms with van der Waals surface area (Å²) in [5.41, 5.74) is 5.61. The molecule has 0 saturated heterocycles. The number of carbonyl (C=O) groups is 1. The van der Waals surface area contributed by atoms with Gasteiger partial charge >= 0.3 is 0 Å². The lowest BCUT2D eigenvalue weighted by atomic mass is 10.4. The third-order valence-corrected chi connectivity index (χ3v) is 1.77. The first-order valence-corrected chi connectivity index (χ1v) is 3.79. The molecule has 1 heterocycles. The number of hydrogen-bond acceptors (Lipinski definition) is 5. The van der Waals surface area contributed by atoms with Crippen molar-refractivity contribution in [2.75, 3.05) is 5.73 Å². The Labute approximate surface area is 66.9 Å². The molecule has 1 aromatic heterocycles. The van der Waals surface area contributed by atoms with E-state index in [2.05, 4.69) is 17.2 Å². The van der Waals surface area contributed by atoms with Crippen molar-refractivity contribution in [1.29, 1.82) is 0 Å². The normalized spacial score (nSPS) is 9.20. The van der Waals surface area contributed by atoms with E-state index in [4.69, 9.17) is 5.73 Å². The number of aromatic nitrogens is 1. The van der Waals surface area contributed by atoms with Gasteiger partial charge in [-0.3, -0.25) is 4.79 Å². The zero-order valence-electron chi connectivity index (χ0n) is 4.90. The summed E-state index contributed by atoms with van der Waals surface area (Å²) in [5.74, 6) is -0.261. The highest BCUT2D eigenvalue weighted by molar-refractivity contribution is 7.80. The highest BCUT2D eigenvalue weighted by Crippen LogP contribution is 2.10. The molecule has 0 bridgehead atoms. The number of hydrogen-bond donors (Lipinski definition) is 1. The monoisotopic (exact) mass is 172 g/mol. The highest BCUT2D eigenvalue weighted by atomic mass is 32.1. The summed E-state index contributed by atoms with van der Waals surface area (Å²) in [5, 5.41) is 3.02. The van der Waals surface area contributed by atoms with Crippen LogP contribution in [0.3, 0.4) is 0 Å². The lowest BCUT2D eigenvalue weighted by Gasteiger charge is -1.81. The minimum atomic E-state index is -0.261. The number of rotatable bonds is 2. The van der Waals surface area contributed by atoms with Gasteiger partial charge in [0.2, 0.25) is 5.78 Å². The third-order valence-electron chi connectivity index (χ3n) is 0.881. The van der Waals surface area contributed by atoms with Crippen LogP contribution in [0.2, 0.25) is 0 Å². The van der Waals surface area contributed by atoms with Crippen LogP contribution in [-0.2, 0) is 0 Å². The molecule has 0 aliphatic heterocycles. The fourth-order valence-electron chi connectivity index (χ4n) is 0.461. The zero-order chi connectivity index (χ0) is 7.56. The SMILES string of the molecule is Nc1nc(C(=O)C=S)cs1. The number of anilines is 1. The molecule has 0 atom stereocenters. The van der Waals surface area contributed by atoms with Gasteiger partial charge in [0.25, 0.3) is 0 Å². The molecule has 52 valence electrons. The summed E-state index contributed by atoms with van der Waals surface area (Å²) in [6.45, 7) is 0. The smallest absolute Gasteiger partial charge is 0.215 e. The molecule has 0 spiro atoms. The van der Waals surface area contributed by atoms with E-state index in [1.807, 2.05) is 0 Å². The molecule has 0 unspecified atom stereocenters. The van der Waals surface area contributed by atoms with Crippen LogP contribution in [0.1, 0.15) is 10.5 Å². The second-order valence-electron chi connectivity index (χ2n) is 1.55. The Kier molecular flexibility index (Phi) is 2.08. The standard InChI is InChI=1S/C5H4N2OS2/c6-5-7-3(2-10-5)4(8)1-9/h1-2H,(H2,6,7). The number of nitrogen functional groups attached to an aromatic ring is 1. The van der Waals surface area contributed by atoms with Crippen LogP contribution in [0, 0.1) is 0 Å². The summed E-state index contributed by atoms with van der Waals surface area (Å²) in [6.07, 6.45) is 0. The van der Waals surface area contributed by atoms with Crippen LogP contribution >= 0.6 is 23.6 Å². The van der Waals surface area contributed by atoms with Crippen molar-refractivity contribution in [3.8, 4) is 0 Å². The van der Waals surface area contributed by atoms with Crippen LogP contribution in [0.15, 0.2) is 5.38 Å². The molecule has 10 heavy (non-hydrogen) atoms. The van der Waals surface area contributed by atoms with Crippen LogP contribution in [0.5, 0.6) is 0 Å². The van der Waals surface area contributed by atoms with Crippen LogP contribution in [-0.4, -0.2) is 16.1 Å². The first kappa shape index (κ1) is 7.30. The Morgan fingerprint density at radius 2 is 2.60 bits per heavy atom. The van der Waals surface area contributed by atoms with Crippen LogP contribution in [0.4, 0.5) is 5.13 Å². The van der Waals surface area contributed by atoms with Gasteiger partial charge in [-0.1, -0.05) is 12.2 Å². The van der Waals surface area contributed by atoms with Crippen molar-refractivity contribution in [2.45, 2.75) is 0 Å². The minimum Gasteiger partial charge on any atom is -0.375 e. The molecular formula is C5H4N2OS2. The van der Waals surface area contributed by atoms with Gasteiger partial charge in [-0.15, -0.1) is 11.3 Å². The van der Waals surface area contributed by atoms with E-state index in [0.717, 1.165) is 5.37 Å².